The summed E-state index contributed by atoms with van der Waals surface area (Å²) in [4.78, 5) is 14.9. The summed E-state index contributed by atoms with van der Waals surface area (Å²) in [6.45, 7) is 3.40. The van der Waals surface area contributed by atoms with Crippen LogP contribution < -0.4 is 4.72 Å². The molecule has 21 heavy (non-hydrogen) atoms. The zero-order valence-electron chi connectivity index (χ0n) is 11.5. The van der Waals surface area contributed by atoms with E-state index in [2.05, 4.69) is 9.71 Å². The summed E-state index contributed by atoms with van der Waals surface area (Å²) in [5, 5.41) is 9.06. The fourth-order valence-corrected chi connectivity index (χ4v) is 2.88. The highest BCUT2D eigenvalue weighted by Gasteiger charge is 2.18. The van der Waals surface area contributed by atoms with Crippen molar-refractivity contribution in [1.29, 1.82) is 0 Å². The minimum atomic E-state index is -3.86. The number of nitrogens with zero attached hydrogens (tertiary/aromatic N) is 1. The molecule has 1 aromatic heterocycles. The fraction of sp³-hybridized carbons (Fsp3) is 0.143. The molecule has 0 saturated heterocycles. The molecule has 0 fully saturated rings. The highest BCUT2D eigenvalue weighted by molar-refractivity contribution is 7.92. The number of hydrogen-bond acceptors (Lipinski definition) is 4. The second-order valence-electron chi connectivity index (χ2n) is 4.64. The first-order valence-corrected chi connectivity index (χ1v) is 7.56. The third-order valence-corrected chi connectivity index (χ3v) is 4.26. The minimum Gasteiger partial charge on any atom is -0.478 e. The minimum absolute atomic E-state index is 0.0414. The first kappa shape index (κ1) is 15.0. The molecule has 0 amide bonds. The number of aryl methyl sites for hydroxylation is 2. The second kappa shape index (κ2) is 5.53. The Bertz CT molecular complexity index is 800. The van der Waals surface area contributed by atoms with Crippen LogP contribution in [0.2, 0.25) is 0 Å². The monoisotopic (exact) mass is 306 g/mol. The van der Waals surface area contributed by atoms with E-state index in [1.165, 1.54) is 18.3 Å². The van der Waals surface area contributed by atoms with Crippen molar-refractivity contribution in [2.75, 3.05) is 4.72 Å². The predicted molar refractivity (Wildman–Crippen MR) is 77.9 cm³/mol. The molecule has 0 bridgehead atoms. The Morgan fingerprint density at radius 1 is 1.19 bits per heavy atom. The summed E-state index contributed by atoms with van der Waals surface area (Å²) in [5.41, 5.74) is 1.59. The highest BCUT2D eigenvalue weighted by Crippen LogP contribution is 2.19. The van der Waals surface area contributed by atoms with Crippen LogP contribution >= 0.6 is 0 Å². The summed E-state index contributed by atoms with van der Waals surface area (Å²) in [6, 6.07) is 5.61. The van der Waals surface area contributed by atoms with Gasteiger partial charge in [-0.3, -0.25) is 9.71 Å². The van der Waals surface area contributed by atoms with Crippen molar-refractivity contribution < 1.29 is 18.3 Å². The van der Waals surface area contributed by atoms with Gasteiger partial charge in [-0.25, -0.2) is 13.2 Å². The summed E-state index contributed by atoms with van der Waals surface area (Å²) in [7, 11) is -3.86. The number of aromatic carboxylic acids is 1. The lowest BCUT2D eigenvalue weighted by Gasteiger charge is -2.10. The van der Waals surface area contributed by atoms with Gasteiger partial charge in [-0.1, -0.05) is 6.07 Å². The summed E-state index contributed by atoms with van der Waals surface area (Å²) < 4.78 is 26.9. The van der Waals surface area contributed by atoms with Crippen molar-refractivity contribution >= 4 is 21.7 Å². The average Bonchev–Trinajstić information content (AvgIpc) is 2.38. The Balaban J connectivity index is 2.40. The number of carboxylic acids is 1. The number of nitrogens with one attached hydrogen (secondary N) is 1. The van der Waals surface area contributed by atoms with Gasteiger partial charge in [0.15, 0.2) is 0 Å². The van der Waals surface area contributed by atoms with E-state index in [0.29, 0.717) is 11.3 Å². The average molecular weight is 306 g/mol. The van der Waals surface area contributed by atoms with Crippen molar-refractivity contribution in [1.82, 2.24) is 4.98 Å². The second-order valence-corrected chi connectivity index (χ2v) is 6.32. The number of rotatable bonds is 4. The number of carboxylic acid groups (broad SMARTS) is 1. The first-order valence-electron chi connectivity index (χ1n) is 6.08. The molecule has 0 atom stereocenters. The standard InChI is InChI=1S/C14H14N2O4S/c1-9-5-11(8-15-7-9)16-21(19,20)12-4-3-10(2)13(6-12)14(17)18/h3-8,16H,1-2H3,(H,17,18). The van der Waals surface area contributed by atoms with Crippen LogP contribution in [0.15, 0.2) is 41.6 Å². The molecule has 6 nitrogen and oxygen atoms in total. The molecule has 7 heteroatoms. The van der Waals surface area contributed by atoms with Gasteiger partial charge in [-0.05, 0) is 43.2 Å². The van der Waals surface area contributed by atoms with E-state index in [0.717, 1.165) is 11.6 Å². The molecule has 0 aliphatic carbocycles. The van der Waals surface area contributed by atoms with Gasteiger partial charge in [0, 0.05) is 6.20 Å². The number of benzene rings is 1. The fourth-order valence-electron chi connectivity index (χ4n) is 1.82. The van der Waals surface area contributed by atoms with Crippen LogP contribution in [0.4, 0.5) is 5.69 Å². The lowest BCUT2D eigenvalue weighted by atomic mass is 10.1. The van der Waals surface area contributed by atoms with Gasteiger partial charge in [-0.2, -0.15) is 0 Å². The first-order chi connectivity index (χ1) is 9.79. The van der Waals surface area contributed by atoms with Crippen molar-refractivity contribution in [2.24, 2.45) is 0 Å². The van der Waals surface area contributed by atoms with E-state index >= 15 is 0 Å². The maximum absolute atomic E-state index is 12.3. The molecule has 0 spiro atoms. The van der Waals surface area contributed by atoms with Crippen LogP contribution in [0.3, 0.4) is 0 Å². The Kier molecular flexibility index (Phi) is 3.95. The summed E-state index contributed by atoms with van der Waals surface area (Å²) in [6.07, 6.45) is 2.99. The Labute approximate surface area is 122 Å². The number of pyridine rings is 1. The molecule has 0 radical (unpaired) electrons. The third kappa shape index (κ3) is 3.38. The smallest absolute Gasteiger partial charge is 0.335 e. The lowest BCUT2D eigenvalue weighted by molar-refractivity contribution is 0.0696. The van der Waals surface area contributed by atoms with Gasteiger partial charge in [-0.15, -0.1) is 0 Å². The maximum Gasteiger partial charge on any atom is 0.335 e. The van der Waals surface area contributed by atoms with Crippen LogP contribution in [0.5, 0.6) is 0 Å². The molecule has 1 heterocycles. The predicted octanol–water partition coefficient (Wildman–Crippen LogP) is 2.20. The zero-order chi connectivity index (χ0) is 15.6. The molecule has 0 aliphatic heterocycles. The lowest BCUT2D eigenvalue weighted by Crippen LogP contribution is -2.14. The summed E-state index contributed by atoms with van der Waals surface area (Å²) in [5.74, 6) is -1.17. The number of anilines is 1. The van der Waals surface area contributed by atoms with Crippen molar-refractivity contribution in [3.8, 4) is 0 Å². The normalized spacial score (nSPS) is 11.1. The number of sulfonamides is 1. The van der Waals surface area contributed by atoms with Crippen molar-refractivity contribution in [3.05, 3.63) is 53.3 Å². The molecule has 2 rings (SSSR count). The van der Waals surface area contributed by atoms with Gasteiger partial charge in [0.1, 0.15) is 0 Å². The van der Waals surface area contributed by atoms with E-state index in [9.17, 15) is 13.2 Å². The molecular formula is C14H14N2O4S. The Hall–Kier alpha value is -2.41. The SMILES string of the molecule is Cc1cncc(NS(=O)(=O)c2ccc(C)c(C(=O)O)c2)c1. The Morgan fingerprint density at radius 2 is 1.90 bits per heavy atom. The van der Waals surface area contributed by atoms with Gasteiger partial charge in [0.25, 0.3) is 10.0 Å². The molecule has 0 saturated carbocycles. The van der Waals surface area contributed by atoms with E-state index in [1.54, 1.807) is 26.1 Å². The van der Waals surface area contributed by atoms with Gasteiger partial charge in [0.05, 0.1) is 22.3 Å². The molecule has 0 unspecified atom stereocenters. The van der Waals surface area contributed by atoms with Crippen LogP contribution in [-0.4, -0.2) is 24.5 Å². The van der Waals surface area contributed by atoms with E-state index < -0.39 is 16.0 Å². The largest absolute Gasteiger partial charge is 0.478 e. The van der Waals surface area contributed by atoms with Gasteiger partial charge < -0.3 is 5.11 Å². The number of hydrogen-bond donors (Lipinski definition) is 2. The van der Waals surface area contributed by atoms with Crippen LogP contribution in [0, 0.1) is 13.8 Å². The van der Waals surface area contributed by atoms with Crippen molar-refractivity contribution in [2.45, 2.75) is 18.7 Å². The zero-order valence-corrected chi connectivity index (χ0v) is 12.3. The highest BCUT2D eigenvalue weighted by atomic mass is 32.2. The van der Waals surface area contributed by atoms with E-state index in [-0.39, 0.29) is 10.5 Å². The van der Waals surface area contributed by atoms with Crippen LogP contribution in [0.25, 0.3) is 0 Å². The maximum atomic E-state index is 12.3. The molecule has 110 valence electrons. The van der Waals surface area contributed by atoms with Crippen molar-refractivity contribution in [3.63, 3.8) is 0 Å². The number of aromatic nitrogens is 1. The quantitative estimate of drug-likeness (QED) is 0.902. The summed E-state index contributed by atoms with van der Waals surface area (Å²) >= 11 is 0. The van der Waals surface area contributed by atoms with Crippen LogP contribution in [0.1, 0.15) is 21.5 Å². The molecule has 1 aromatic carbocycles. The van der Waals surface area contributed by atoms with Crippen LogP contribution in [-0.2, 0) is 10.0 Å². The Morgan fingerprint density at radius 3 is 2.52 bits per heavy atom. The molecular weight excluding hydrogens is 292 g/mol. The van der Waals surface area contributed by atoms with E-state index in [4.69, 9.17) is 5.11 Å². The van der Waals surface area contributed by atoms with Gasteiger partial charge in [0.2, 0.25) is 0 Å². The number of carbonyl (C=O) groups is 1. The van der Waals surface area contributed by atoms with E-state index in [1.807, 2.05) is 0 Å². The third-order valence-electron chi connectivity index (χ3n) is 2.88. The molecule has 2 N–H and O–H groups in total. The van der Waals surface area contributed by atoms with Gasteiger partial charge >= 0.3 is 5.97 Å². The molecule has 0 aliphatic rings. The molecule has 2 aromatic rings. The topological polar surface area (TPSA) is 96.4 Å².